The Hall–Kier alpha value is -2.10. The monoisotopic (exact) mass is 347 g/mol. The second-order valence-electron chi connectivity index (χ2n) is 7.02. The number of carbonyl (C=O) groups is 1. The molecule has 1 saturated carbocycles. The highest BCUT2D eigenvalue weighted by Gasteiger charge is 2.46. The third-order valence-electron chi connectivity index (χ3n) is 5.35. The van der Waals surface area contributed by atoms with Gasteiger partial charge in [-0.1, -0.05) is 12.1 Å². The third kappa shape index (κ3) is 2.85. The zero-order chi connectivity index (χ0) is 18.3. The minimum absolute atomic E-state index is 0.0425. The van der Waals surface area contributed by atoms with Gasteiger partial charge in [0.15, 0.2) is 5.78 Å². The largest absolute Gasteiger partial charge is 0.496 e. The fourth-order valence-corrected chi connectivity index (χ4v) is 4.29. The average molecular weight is 347 g/mol. The second-order valence-corrected chi connectivity index (χ2v) is 7.02. The van der Waals surface area contributed by atoms with Crippen molar-refractivity contribution >= 4 is 11.5 Å². The zero-order valence-corrected chi connectivity index (χ0v) is 15.4. The highest BCUT2D eigenvalue weighted by molar-refractivity contribution is 6.06. The topological polar surface area (TPSA) is 41.9 Å². The lowest BCUT2D eigenvalue weighted by Gasteiger charge is -2.34. The van der Waals surface area contributed by atoms with Crippen molar-refractivity contribution in [2.45, 2.75) is 32.7 Å². The van der Waals surface area contributed by atoms with E-state index in [4.69, 9.17) is 9.84 Å². The molecule has 26 heavy (non-hydrogen) atoms. The van der Waals surface area contributed by atoms with E-state index in [1.165, 1.54) is 17.0 Å². The average Bonchev–Trinajstić information content (AvgIpc) is 3.27. The highest BCUT2D eigenvalue weighted by atomic mass is 16.5. The maximum Gasteiger partial charge on any atom is 0.154 e. The van der Waals surface area contributed by atoms with Gasteiger partial charge in [-0.05, 0) is 58.4 Å². The number of hydrazone groups is 1. The van der Waals surface area contributed by atoms with Crippen molar-refractivity contribution in [2.75, 3.05) is 7.11 Å². The SMILES string of the molecule is COc1cccc2c1CCC1C2=NN(/C(C)=C/C(C)=O)C1[C]1[CH][CH][CH][CH]1. The summed E-state index contributed by atoms with van der Waals surface area (Å²) < 4.78 is 5.56. The Bertz CT molecular complexity index is 774. The van der Waals surface area contributed by atoms with Crippen LogP contribution >= 0.6 is 0 Å². The molecule has 1 aromatic carbocycles. The van der Waals surface area contributed by atoms with Crippen molar-refractivity contribution in [2.24, 2.45) is 11.0 Å². The smallest absolute Gasteiger partial charge is 0.154 e. The number of ether oxygens (including phenoxy) is 1. The molecule has 1 aromatic rings. The van der Waals surface area contributed by atoms with Crippen LogP contribution < -0.4 is 4.74 Å². The Labute approximate surface area is 155 Å². The highest BCUT2D eigenvalue weighted by Crippen LogP contribution is 2.45. The van der Waals surface area contributed by atoms with Crippen LogP contribution in [0.2, 0.25) is 0 Å². The van der Waals surface area contributed by atoms with Crippen LogP contribution in [-0.4, -0.2) is 29.7 Å². The van der Waals surface area contributed by atoms with E-state index in [1.54, 1.807) is 20.1 Å². The van der Waals surface area contributed by atoms with E-state index in [9.17, 15) is 4.79 Å². The summed E-state index contributed by atoms with van der Waals surface area (Å²) in [6, 6.07) is 6.32. The summed E-state index contributed by atoms with van der Waals surface area (Å²) in [4.78, 5) is 11.6. The van der Waals surface area contributed by atoms with Gasteiger partial charge in [0.05, 0.1) is 18.9 Å². The number of nitrogens with zero attached hydrogens (tertiary/aromatic N) is 2. The Balaban J connectivity index is 1.77. The molecule has 5 radical (unpaired) electrons. The molecule has 3 aliphatic rings. The maximum absolute atomic E-state index is 11.6. The Morgan fingerprint density at radius 1 is 1.27 bits per heavy atom. The third-order valence-corrected chi connectivity index (χ3v) is 5.35. The number of fused-ring (bicyclic) bond motifs is 3. The van der Waals surface area contributed by atoms with Crippen LogP contribution in [0.4, 0.5) is 0 Å². The molecule has 0 aromatic heterocycles. The number of carbonyl (C=O) groups excluding carboxylic acids is 1. The molecule has 0 spiro atoms. The predicted octanol–water partition coefficient (Wildman–Crippen LogP) is 3.54. The first-order chi connectivity index (χ1) is 12.6. The van der Waals surface area contributed by atoms with Crippen molar-refractivity contribution in [1.82, 2.24) is 5.01 Å². The standard InChI is InChI=1S/C22H23N2O2/c1-14(13-15(2)25)24-22(16-7-4-5-8-16)19-12-11-17-18(21(19)23-24)9-6-10-20(17)26-3/h4-10,13,19,22H,11-12H2,1-3H3/b14-13+. The number of hydrogen-bond acceptors (Lipinski definition) is 4. The summed E-state index contributed by atoms with van der Waals surface area (Å²) in [5.41, 5.74) is 4.40. The molecule has 4 rings (SSSR count). The lowest BCUT2D eigenvalue weighted by Crippen LogP contribution is -2.39. The van der Waals surface area contributed by atoms with Crippen molar-refractivity contribution in [1.29, 1.82) is 0 Å². The van der Waals surface area contributed by atoms with Crippen LogP contribution in [0.15, 0.2) is 35.1 Å². The lowest BCUT2D eigenvalue weighted by molar-refractivity contribution is -0.112. The van der Waals surface area contributed by atoms with E-state index in [0.717, 1.165) is 30.0 Å². The number of allylic oxidation sites excluding steroid dienone is 2. The van der Waals surface area contributed by atoms with Crippen molar-refractivity contribution < 1.29 is 9.53 Å². The van der Waals surface area contributed by atoms with Gasteiger partial charge in [0, 0.05) is 34.7 Å². The van der Waals surface area contributed by atoms with Crippen LogP contribution in [-0.2, 0) is 11.2 Å². The molecule has 133 valence electrons. The van der Waals surface area contributed by atoms with Crippen molar-refractivity contribution in [3.05, 3.63) is 72.7 Å². The normalized spacial score (nSPS) is 25.7. The molecule has 0 saturated heterocycles. The molecule has 1 heterocycles. The maximum atomic E-state index is 11.6. The van der Waals surface area contributed by atoms with E-state index in [-0.39, 0.29) is 11.8 Å². The Morgan fingerprint density at radius 2 is 2.04 bits per heavy atom. The summed E-state index contributed by atoms with van der Waals surface area (Å²) in [6.07, 6.45) is 12.1. The van der Waals surface area contributed by atoms with Gasteiger partial charge >= 0.3 is 0 Å². The number of rotatable bonds is 4. The minimum Gasteiger partial charge on any atom is -0.496 e. The van der Waals surface area contributed by atoms with Gasteiger partial charge in [-0.25, -0.2) is 0 Å². The van der Waals surface area contributed by atoms with Gasteiger partial charge in [-0.2, -0.15) is 5.10 Å². The molecule has 0 N–H and O–H groups in total. The fourth-order valence-electron chi connectivity index (χ4n) is 4.29. The molecule has 1 fully saturated rings. The summed E-state index contributed by atoms with van der Waals surface area (Å²) in [6.45, 7) is 3.54. The van der Waals surface area contributed by atoms with E-state index in [1.807, 2.05) is 24.1 Å². The van der Waals surface area contributed by atoms with E-state index in [2.05, 4.69) is 31.7 Å². The van der Waals surface area contributed by atoms with Gasteiger partial charge in [-0.15, -0.1) is 0 Å². The van der Waals surface area contributed by atoms with Gasteiger partial charge in [0.2, 0.25) is 0 Å². The number of benzene rings is 1. The molecule has 2 unspecified atom stereocenters. The van der Waals surface area contributed by atoms with E-state index in [0.29, 0.717) is 5.92 Å². The molecule has 0 bridgehead atoms. The van der Waals surface area contributed by atoms with Crippen molar-refractivity contribution in [3.8, 4) is 5.75 Å². The number of methoxy groups -OCH3 is 1. The molecule has 0 amide bonds. The summed E-state index contributed by atoms with van der Waals surface area (Å²) in [5.74, 6) is 2.53. The molecule has 2 aliphatic carbocycles. The molecule has 1 aliphatic heterocycles. The van der Waals surface area contributed by atoms with Gasteiger partial charge in [0.25, 0.3) is 0 Å². The van der Waals surface area contributed by atoms with Crippen LogP contribution in [0.1, 0.15) is 31.4 Å². The van der Waals surface area contributed by atoms with Crippen LogP contribution in [0.3, 0.4) is 0 Å². The number of hydrogen-bond donors (Lipinski definition) is 0. The van der Waals surface area contributed by atoms with Gasteiger partial charge in [-0.3, -0.25) is 9.80 Å². The van der Waals surface area contributed by atoms with Gasteiger partial charge < -0.3 is 4.74 Å². The van der Waals surface area contributed by atoms with Crippen LogP contribution in [0.25, 0.3) is 0 Å². The Kier molecular flexibility index (Phi) is 4.60. The van der Waals surface area contributed by atoms with Crippen molar-refractivity contribution in [3.63, 3.8) is 0 Å². The van der Waals surface area contributed by atoms with Gasteiger partial charge in [0.1, 0.15) is 5.75 Å². The molecular formula is C22H23N2O2. The molecule has 4 nitrogen and oxygen atoms in total. The second kappa shape index (κ2) is 6.90. The molecule has 4 heteroatoms. The Morgan fingerprint density at radius 3 is 2.73 bits per heavy atom. The molecule has 2 atom stereocenters. The zero-order valence-electron chi connectivity index (χ0n) is 15.4. The predicted molar refractivity (Wildman–Crippen MR) is 102 cm³/mol. The first kappa shape index (κ1) is 17.3. The lowest BCUT2D eigenvalue weighted by atomic mass is 9.75. The summed E-state index contributed by atoms with van der Waals surface area (Å²) in [7, 11) is 1.72. The number of ketones is 1. The summed E-state index contributed by atoms with van der Waals surface area (Å²) in [5, 5.41) is 7.02. The molecular weight excluding hydrogens is 324 g/mol. The van der Waals surface area contributed by atoms with E-state index >= 15 is 0 Å². The fraction of sp³-hybridized carbons (Fsp3) is 0.318. The van der Waals surface area contributed by atoms with Crippen LogP contribution in [0, 0.1) is 37.5 Å². The van der Waals surface area contributed by atoms with E-state index < -0.39 is 0 Å². The summed E-state index contributed by atoms with van der Waals surface area (Å²) >= 11 is 0. The minimum atomic E-state index is 0.0425. The first-order valence-electron chi connectivity index (χ1n) is 9.04. The van der Waals surface area contributed by atoms with Crippen LogP contribution in [0.5, 0.6) is 5.75 Å². The first-order valence-corrected chi connectivity index (χ1v) is 9.04. The quantitative estimate of drug-likeness (QED) is 0.782.